The third-order valence-electron chi connectivity index (χ3n) is 5.42. The lowest BCUT2D eigenvalue weighted by Crippen LogP contribution is -2.15. The molecule has 8 nitrogen and oxygen atoms in total. The number of nitrogens with one attached hydrogen (secondary N) is 1. The van der Waals surface area contributed by atoms with Gasteiger partial charge in [0.25, 0.3) is 0 Å². The van der Waals surface area contributed by atoms with Crippen LogP contribution in [0.2, 0.25) is 0 Å². The summed E-state index contributed by atoms with van der Waals surface area (Å²) in [5.41, 5.74) is 3.82. The molecule has 1 amide bonds. The second kappa shape index (κ2) is 11.6. The van der Waals surface area contributed by atoms with Gasteiger partial charge in [0, 0.05) is 31.2 Å². The Bertz CT molecular complexity index is 1290. The second-order valence-electron chi connectivity index (χ2n) is 8.31. The number of aryl methyl sites for hydroxylation is 1. The van der Waals surface area contributed by atoms with E-state index in [4.69, 9.17) is 9.47 Å². The van der Waals surface area contributed by atoms with Crippen LogP contribution in [0, 0.1) is 6.92 Å². The minimum Gasteiger partial charge on any atom is -0.497 e. The number of methoxy groups -OCH3 is 1. The van der Waals surface area contributed by atoms with Crippen molar-refractivity contribution in [3.05, 3.63) is 84.2 Å². The first kappa shape index (κ1) is 25.1. The summed E-state index contributed by atoms with van der Waals surface area (Å²) in [5, 5.41) is 12.2. The topological polar surface area (TPSA) is 81.5 Å². The van der Waals surface area contributed by atoms with Crippen LogP contribution in [-0.2, 0) is 11.4 Å². The molecule has 0 radical (unpaired) electrons. The highest BCUT2D eigenvalue weighted by molar-refractivity contribution is 7.99. The normalized spacial score (nSPS) is 10.7. The minimum atomic E-state index is -0.126. The van der Waals surface area contributed by atoms with Crippen LogP contribution in [0.25, 0.3) is 5.69 Å². The van der Waals surface area contributed by atoms with Crippen LogP contribution < -0.4 is 19.7 Å². The molecule has 3 aromatic carbocycles. The Balaban J connectivity index is 1.48. The van der Waals surface area contributed by atoms with E-state index >= 15 is 0 Å². The van der Waals surface area contributed by atoms with Gasteiger partial charge in [-0.3, -0.25) is 9.36 Å². The zero-order chi connectivity index (χ0) is 25.5. The van der Waals surface area contributed by atoms with E-state index in [0.29, 0.717) is 11.0 Å². The molecule has 1 N–H and O–H groups in total. The van der Waals surface area contributed by atoms with Gasteiger partial charge in [-0.15, -0.1) is 10.2 Å². The van der Waals surface area contributed by atoms with Crippen LogP contribution in [0.5, 0.6) is 11.5 Å². The average molecular weight is 504 g/mol. The highest BCUT2D eigenvalue weighted by atomic mass is 32.2. The first-order valence-corrected chi connectivity index (χ1v) is 12.4. The lowest BCUT2D eigenvalue weighted by molar-refractivity contribution is -0.113. The summed E-state index contributed by atoms with van der Waals surface area (Å²) in [4.78, 5) is 14.6. The highest BCUT2D eigenvalue weighted by Crippen LogP contribution is 2.25. The Morgan fingerprint density at radius 2 is 1.61 bits per heavy atom. The fourth-order valence-electron chi connectivity index (χ4n) is 3.43. The molecule has 0 unspecified atom stereocenters. The van der Waals surface area contributed by atoms with E-state index < -0.39 is 0 Å². The van der Waals surface area contributed by atoms with Crippen molar-refractivity contribution in [2.75, 3.05) is 37.2 Å². The van der Waals surface area contributed by atoms with E-state index in [1.54, 1.807) is 7.11 Å². The smallest absolute Gasteiger partial charge is 0.234 e. The van der Waals surface area contributed by atoms with Crippen molar-refractivity contribution in [3.63, 3.8) is 0 Å². The Hall–Kier alpha value is -3.98. The van der Waals surface area contributed by atoms with E-state index in [2.05, 4.69) is 15.5 Å². The molecule has 0 atom stereocenters. The lowest BCUT2D eigenvalue weighted by Gasteiger charge is -2.13. The number of rotatable bonds is 10. The summed E-state index contributed by atoms with van der Waals surface area (Å²) in [7, 11) is 5.58. The fourth-order valence-corrected chi connectivity index (χ4v) is 4.20. The molecule has 0 spiro atoms. The van der Waals surface area contributed by atoms with E-state index in [9.17, 15) is 4.79 Å². The Labute approximate surface area is 215 Å². The van der Waals surface area contributed by atoms with Crippen LogP contribution in [0.3, 0.4) is 0 Å². The number of hydrogen-bond donors (Lipinski definition) is 1. The second-order valence-corrected chi connectivity index (χ2v) is 9.25. The first-order chi connectivity index (χ1) is 17.4. The molecule has 9 heteroatoms. The van der Waals surface area contributed by atoms with Crippen molar-refractivity contribution in [1.82, 2.24) is 14.8 Å². The largest absolute Gasteiger partial charge is 0.497 e. The third kappa shape index (κ3) is 6.37. The Morgan fingerprint density at radius 1 is 0.944 bits per heavy atom. The average Bonchev–Trinajstić information content (AvgIpc) is 3.30. The molecule has 1 aromatic heterocycles. The summed E-state index contributed by atoms with van der Waals surface area (Å²) < 4.78 is 13.2. The molecule has 0 fully saturated rings. The molecule has 0 saturated heterocycles. The van der Waals surface area contributed by atoms with Crippen molar-refractivity contribution >= 4 is 29.0 Å². The van der Waals surface area contributed by atoms with Gasteiger partial charge >= 0.3 is 0 Å². The van der Waals surface area contributed by atoms with Crippen LogP contribution in [0.1, 0.15) is 11.4 Å². The van der Waals surface area contributed by atoms with Crippen LogP contribution in [0.15, 0.2) is 78.0 Å². The summed E-state index contributed by atoms with van der Waals surface area (Å²) in [5.74, 6) is 2.18. The molecule has 0 saturated carbocycles. The van der Waals surface area contributed by atoms with Crippen molar-refractivity contribution in [1.29, 1.82) is 0 Å². The number of anilines is 2. The van der Waals surface area contributed by atoms with E-state index in [1.165, 1.54) is 11.8 Å². The Kier molecular flexibility index (Phi) is 8.12. The summed E-state index contributed by atoms with van der Waals surface area (Å²) in [6.45, 7) is 2.26. The quantitative estimate of drug-likeness (QED) is 0.306. The molecule has 36 heavy (non-hydrogen) atoms. The molecule has 1 heterocycles. The molecular formula is C27H29N5O3S. The summed E-state index contributed by atoms with van der Waals surface area (Å²) in [6, 6.07) is 23.1. The molecule has 0 aliphatic carbocycles. The first-order valence-electron chi connectivity index (χ1n) is 11.4. The third-order valence-corrected chi connectivity index (χ3v) is 6.35. The number of amides is 1. The summed E-state index contributed by atoms with van der Waals surface area (Å²) >= 11 is 1.31. The predicted molar refractivity (Wildman–Crippen MR) is 144 cm³/mol. The van der Waals surface area contributed by atoms with Gasteiger partial charge in [-0.25, -0.2) is 0 Å². The fraction of sp³-hybridized carbons (Fsp3) is 0.222. The molecule has 4 rings (SSSR count). The SMILES string of the molecule is COc1ccc(-n2c(COc3ccc(C)cc3)nnc2SCC(=O)Nc2ccc(N(C)C)cc2)cc1. The number of carbonyl (C=O) groups is 1. The number of ether oxygens (including phenoxy) is 2. The van der Waals surface area contributed by atoms with Crippen molar-refractivity contribution in [2.45, 2.75) is 18.7 Å². The zero-order valence-corrected chi connectivity index (χ0v) is 21.6. The molecule has 4 aromatic rings. The number of nitrogens with zero attached hydrogens (tertiary/aromatic N) is 4. The van der Waals surface area contributed by atoms with Crippen molar-refractivity contribution < 1.29 is 14.3 Å². The van der Waals surface area contributed by atoms with E-state index in [0.717, 1.165) is 34.1 Å². The maximum absolute atomic E-state index is 12.6. The minimum absolute atomic E-state index is 0.126. The predicted octanol–water partition coefficient (Wildman–Crippen LogP) is 4.96. The van der Waals surface area contributed by atoms with Gasteiger partial charge in [0.15, 0.2) is 11.0 Å². The van der Waals surface area contributed by atoms with Gasteiger partial charge in [0.2, 0.25) is 5.91 Å². The maximum Gasteiger partial charge on any atom is 0.234 e. The maximum atomic E-state index is 12.6. The molecule has 186 valence electrons. The Morgan fingerprint density at radius 3 is 2.25 bits per heavy atom. The number of aromatic nitrogens is 3. The zero-order valence-electron chi connectivity index (χ0n) is 20.8. The molecule has 0 aliphatic rings. The summed E-state index contributed by atoms with van der Waals surface area (Å²) in [6.07, 6.45) is 0. The van der Waals surface area contributed by atoms with E-state index in [-0.39, 0.29) is 18.3 Å². The molecule has 0 bridgehead atoms. The van der Waals surface area contributed by atoms with Crippen LogP contribution in [0.4, 0.5) is 11.4 Å². The van der Waals surface area contributed by atoms with Crippen LogP contribution >= 0.6 is 11.8 Å². The van der Waals surface area contributed by atoms with Gasteiger partial charge in [-0.05, 0) is 67.6 Å². The van der Waals surface area contributed by atoms with Gasteiger partial charge in [0.1, 0.15) is 18.1 Å². The van der Waals surface area contributed by atoms with Crippen molar-refractivity contribution in [2.24, 2.45) is 0 Å². The van der Waals surface area contributed by atoms with Gasteiger partial charge in [-0.1, -0.05) is 29.5 Å². The molecular weight excluding hydrogens is 474 g/mol. The van der Waals surface area contributed by atoms with Gasteiger partial charge < -0.3 is 19.7 Å². The van der Waals surface area contributed by atoms with Crippen molar-refractivity contribution in [3.8, 4) is 17.2 Å². The number of carbonyl (C=O) groups excluding carboxylic acids is 1. The van der Waals surface area contributed by atoms with E-state index in [1.807, 2.05) is 103 Å². The standard InChI is InChI=1S/C27H29N5O3S/c1-19-5-13-24(14-6-19)35-17-25-29-30-27(32(25)22-11-15-23(34-4)16-12-22)36-18-26(33)28-20-7-9-21(10-8-20)31(2)3/h5-16H,17-18H2,1-4H3,(H,28,33). The lowest BCUT2D eigenvalue weighted by atomic mass is 10.2. The number of hydrogen-bond acceptors (Lipinski definition) is 7. The number of benzene rings is 3. The van der Waals surface area contributed by atoms with Crippen LogP contribution in [-0.4, -0.2) is 47.6 Å². The number of thioether (sulfide) groups is 1. The highest BCUT2D eigenvalue weighted by Gasteiger charge is 2.17. The van der Waals surface area contributed by atoms with Gasteiger partial charge in [-0.2, -0.15) is 0 Å². The molecule has 0 aliphatic heterocycles. The van der Waals surface area contributed by atoms with Gasteiger partial charge in [0.05, 0.1) is 12.9 Å². The monoisotopic (exact) mass is 503 g/mol.